The fraction of sp³-hybridized carbons (Fsp3) is 0.170. The standard InChI is InChI=1S/C94H78N4O2/c1-91(2,3)65-40-43-95-88(52-65)98-83-34-21-19-32-72(83)73-38-37-69(54-84(73)98)99-68-29-23-28-67(53-68)96-57-97-89-75(60-36-39-87-78(47-60)74-33-20-22-35-86(74)100-87)50-66(92(4,5)6)51-80(89)77-56-82-81(93(7,8)41-42-94(82,9)10)55-76(77)70-30-17-18-31-71(70)79-48-64(49-85(96)90(79)97)63-45-61(58-24-13-11-14-25-58)44-62(46-63)59-26-15-12-16-27-59/h11-40,43-56H,41-42H2,1-10H3/i11D,12D,13D,14D,15D,16D,24D,25D,26D,27D,44D,45D,46D. The molecule has 2 aliphatic rings. The monoisotopic (exact) mass is 1310 g/mol. The van der Waals surface area contributed by atoms with Crippen molar-refractivity contribution < 1.29 is 31.5 Å². The lowest BCUT2D eigenvalue weighted by atomic mass is 9.62. The van der Waals surface area contributed by atoms with E-state index in [0.29, 0.717) is 33.8 Å². The number of aromatic nitrogens is 4. The molecule has 0 bridgehead atoms. The molecule has 0 N–H and O–H groups in total. The van der Waals surface area contributed by atoms with E-state index in [1.807, 2.05) is 108 Å². The minimum Gasteiger partial charge on any atom is -0.458 e. The number of para-hydroxylation sites is 2. The van der Waals surface area contributed by atoms with Crippen molar-refractivity contribution in [3.8, 4) is 107 Å². The van der Waals surface area contributed by atoms with Gasteiger partial charge < -0.3 is 9.15 Å². The first-order chi connectivity index (χ1) is 53.7. The lowest BCUT2D eigenvalue weighted by Gasteiger charge is -2.42. The number of rotatable bonds is 8. The zero-order valence-corrected chi connectivity index (χ0v) is 57.4. The molecule has 5 heterocycles. The summed E-state index contributed by atoms with van der Waals surface area (Å²) in [5.41, 5.74) is 14.0. The van der Waals surface area contributed by atoms with E-state index in [1.54, 1.807) is 0 Å². The van der Waals surface area contributed by atoms with Crippen LogP contribution in [0.5, 0.6) is 11.5 Å². The lowest BCUT2D eigenvalue weighted by Crippen LogP contribution is -2.34. The van der Waals surface area contributed by atoms with Crippen LogP contribution in [-0.2, 0) is 21.7 Å². The molecule has 0 saturated carbocycles. The Morgan fingerprint density at radius 3 is 1.75 bits per heavy atom. The summed E-state index contributed by atoms with van der Waals surface area (Å²) in [6, 6.07) is 52.7. The van der Waals surface area contributed by atoms with Gasteiger partial charge in [-0.25, -0.2) is 4.98 Å². The zero-order chi connectivity index (χ0) is 79.5. The molecule has 100 heavy (non-hydrogen) atoms. The van der Waals surface area contributed by atoms with Gasteiger partial charge in [0.2, 0.25) is 0 Å². The highest BCUT2D eigenvalue weighted by molar-refractivity contribution is 6.10. The molecule has 1 aliphatic heterocycles. The van der Waals surface area contributed by atoms with Crippen molar-refractivity contribution in [1.29, 1.82) is 0 Å². The molecule has 1 aliphatic carbocycles. The summed E-state index contributed by atoms with van der Waals surface area (Å²) in [6.45, 7) is 22.6. The molecule has 486 valence electrons. The van der Waals surface area contributed by atoms with E-state index < -0.39 is 106 Å². The van der Waals surface area contributed by atoms with Crippen LogP contribution in [0.1, 0.15) is 122 Å². The molecule has 16 aromatic rings. The average Bonchev–Trinajstić information content (AvgIpc) is 1.55. The second-order valence-corrected chi connectivity index (χ2v) is 30.2. The third-order valence-electron chi connectivity index (χ3n) is 20.8. The first-order valence-electron chi connectivity index (χ1n) is 40.7. The lowest BCUT2D eigenvalue weighted by molar-refractivity contribution is -0.570. The van der Waals surface area contributed by atoms with Crippen molar-refractivity contribution in [1.82, 2.24) is 14.1 Å². The second kappa shape index (κ2) is 22.6. The van der Waals surface area contributed by atoms with Gasteiger partial charge in [-0.3, -0.25) is 13.7 Å². The number of nitrogens with zero attached hydrogens (tertiary/aromatic N) is 4. The molecular weight excluding hydrogens is 1220 g/mol. The normalized spacial score (nSPS) is 15.8. The van der Waals surface area contributed by atoms with E-state index in [-0.39, 0.29) is 27.4 Å². The molecule has 6 heteroatoms. The number of imidazole rings is 1. The van der Waals surface area contributed by atoms with Crippen LogP contribution in [0.3, 0.4) is 0 Å². The highest BCUT2D eigenvalue weighted by Crippen LogP contribution is 2.54. The SMILES string of the molecule is [2H]c1c([2H])c([2H])c(-c2c([2H])c(-c3cc4c5c(c3)n(-c3cccc(Oc6ccc7c8ccccc8n(-c8cc(C(C)(C)C)ccn8)c7c6)c3)[c-][n+]5-c3c(-c5ccc6oc7ccccc7c6c5)cc(C(C)(C)C)cc3-c3cc5c(cc3-c3ccccc3-4)C(C)(C)CCC5(C)C)c([2H])c(-c3c([2H])c([2H])c([2H])c([2H])c3[2H])c2[2H])c([2H])c1[2H]. The van der Waals surface area contributed by atoms with E-state index in [0.717, 1.165) is 118 Å². The first kappa shape index (κ1) is 48.4. The van der Waals surface area contributed by atoms with E-state index in [9.17, 15) is 9.60 Å². The fourth-order valence-corrected chi connectivity index (χ4v) is 15.3. The molecular formula is C94H78N4O2. The van der Waals surface area contributed by atoms with Crippen LogP contribution in [0.4, 0.5) is 0 Å². The maximum absolute atomic E-state index is 10.6. The number of pyridine rings is 1. The Bertz CT molecular complexity index is 6710. The average molecular weight is 1310 g/mol. The van der Waals surface area contributed by atoms with Crippen LogP contribution in [0.2, 0.25) is 0 Å². The molecule has 0 fully saturated rings. The number of benzene rings is 12. The van der Waals surface area contributed by atoms with E-state index in [4.69, 9.17) is 22.4 Å². The molecule has 0 atom stereocenters. The minimum absolute atomic E-state index is 0.155. The number of fused-ring (bicyclic) bond motifs is 14. The Kier molecular flexibility index (Phi) is 10.9. The van der Waals surface area contributed by atoms with Crippen molar-refractivity contribution in [2.24, 2.45) is 0 Å². The van der Waals surface area contributed by atoms with Gasteiger partial charge in [0.05, 0.1) is 51.3 Å². The van der Waals surface area contributed by atoms with E-state index in [1.165, 1.54) is 11.1 Å². The smallest absolute Gasteiger partial charge is 0.269 e. The van der Waals surface area contributed by atoms with Crippen LogP contribution in [-0.4, -0.2) is 14.1 Å². The highest BCUT2D eigenvalue weighted by Gasteiger charge is 2.40. The highest BCUT2D eigenvalue weighted by atomic mass is 16.5. The van der Waals surface area contributed by atoms with Crippen LogP contribution >= 0.6 is 0 Å². The molecule has 6 nitrogen and oxygen atoms in total. The second-order valence-electron chi connectivity index (χ2n) is 30.2. The van der Waals surface area contributed by atoms with Gasteiger partial charge >= 0.3 is 0 Å². The fourth-order valence-electron chi connectivity index (χ4n) is 15.3. The molecule has 0 saturated heterocycles. The molecule has 0 spiro atoms. The Labute approximate surface area is 603 Å². The van der Waals surface area contributed by atoms with Crippen LogP contribution < -0.4 is 9.30 Å². The van der Waals surface area contributed by atoms with Gasteiger partial charge in [0.25, 0.3) is 6.33 Å². The van der Waals surface area contributed by atoms with Crippen LogP contribution in [0.25, 0.3) is 150 Å². The molecule has 18 rings (SSSR count). The summed E-state index contributed by atoms with van der Waals surface area (Å²) in [7, 11) is 0. The maximum atomic E-state index is 10.6. The van der Waals surface area contributed by atoms with Gasteiger partial charge in [-0.15, -0.1) is 0 Å². The summed E-state index contributed by atoms with van der Waals surface area (Å²) in [5, 5.41) is 3.94. The third kappa shape index (κ3) is 10.1. The Morgan fingerprint density at radius 2 is 1.05 bits per heavy atom. The summed E-state index contributed by atoms with van der Waals surface area (Å²) >= 11 is 0. The molecule has 4 aromatic heterocycles. The molecule has 0 amide bonds. The molecule has 0 radical (unpaired) electrons. The Morgan fingerprint density at radius 1 is 0.450 bits per heavy atom. The van der Waals surface area contributed by atoms with Gasteiger partial charge in [-0.1, -0.05) is 227 Å². The number of hydrogen-bond donors (Lipinski definition) is 0. The van der Waals surface area contributed by atoms with Gasteiger partial charge in [-0.05, 0) is 232 Å². The van der Waals surface area contributed by atoms with Crippen molar-refractivity contribution in [3.05, 3.63) is 295 Å². The van der Waals surface area contributed by atoms with Crippen molar-refractivity contribution >= 4 is 54.8 Å². The minimum atomic E-state index is -0.751. The Balaban J connectivity index is 0.989. The van der Waals surface area contributed by atoms with Gasteiger partial charge in [0.1, 0.15) is 28.5 Å². The van der Waals surface area contributed by atoms with Crippen molar-refractivity contribution in [3.63, 3.8) is 0 Å². The summed E-state index contributed by atoms with van der Waals surface area (Å²) in [6.07, 6.45) is 7.76. The van der Waals surface area contributed by atoms with Crippen LogP contribution in [0.15, 0.2) is 271 Å². The van der Waals surface area contributed by atoms with E-state index in [2.05, 4.69) is 170 Å². The predicted molar refractivity (Wildman–Crippen MR) is 414 cm³/mol. The summed E-state index contributed by atoms with van der Waals surface area (Å²) < 4.78 is 143. The van der Waals surface area contributed by atoms with Crippen LogP contribution in [0, 0.1) is 6.33 Å². The van der Waals surface area contributed by atoms with Gasteiger partial charge in [-0.2, -0.15) is 0 Å². The van der Waals surface area contributed by atoms with Gasteiger partial charge in [0.15, 0.2) is 0 Å². The number of ether oxygens (including phenoxy) is 1. The first-order valence-corrected chi connectivity index (χ1v) is 34.2. The summed E-state index contributed by atoms with van der Waals surface area (Å²) in [4.78, 5) is 4.96. The zero-order valence-electron chi connectivity index (χ0n) is 70.4. The number of furan rings is 1. The van der Waals surface area contributed by atoms with E-state index >= 15 is 0 Å². The van der Waals surface area contributed by atoms with Crippen molar-refractivity contribution in [2.45, 2.75) is 104 Å². The quantitative estimate of drug-likeness (QED) is 0.113. The summed E-state index contributed by atoms with van der Waals surface area (Å²) in [5.74, 6) is 1.77. The Hall–Kier alpha value is -11.3. The molecule has 12 aromatic carbocycles. The predicted octanol–water partition coefficient (Wildman–Crippen LogP) is 24.8. The molecule has 0 unspecified atom stereocenters. The van der Waals surface area contributed by atoms with Gasteiger partial charge in [0, 0.05) is 33.8 Å². The van der Waals surface area contributed by atoms with Crippen molar-refractivity contribution in [2.75, 3.05) is 0 Å². The third-order valence-corrected chi connectivity index (χ3v) is 20.8. The largest absolute Gasteiger partial charge is 0.458 e. The number of hydrogen-bond acceptors (Lipinski definition) is 3. The maximum Gasteiger partial charge on any atom is 0.269 e. The topological polar surface area (TPSA) is 49.0 Å².